The Labute approximate surface area is 171 Å². The third kappa shape index (κ3) is 15.9. The van der Waals surface area contributed by atoms with Crippen molar-refractivity contribution in [3.63, 3.8) is 0 Å². The average molecular weight is 407 g/mol. The maximum Gasteiger partial charge on any atom is 0.303 e. The molecule has 1 fully saturated rings. The van der Waals surface area contributed by atoms with Crippen LogP contribution in [0.2, 0.25) is 0 Å². The SMILES string of the molecule is CC.COC(C)(C)C.O=CNCC1(CC(=O)O)CCC(NCCCS)CC1. The van der Waals surface area contributed by atoms with E-state index in [4.69, 9.17) is 9.84 Å². The van der Waals surface area contributed by atoms with Crippen LogP contribution >= 0.6 is 12.6 Å². The highest BCUT2D eigenvalue weighted by molar-refractivity contribution is 7.80. The predicted molar refractivity (Wildman–Crippen MR) is 116 cm³/mol. The number of amides is 1. The minimum atomic E-state index is -0.783. The lowest BCUT2D eigenvalue weighted by Gasteiger charge is -2.39. The number of thiol groups is 1. The lowest BCUT2D eigenvalue weighted by molar-refractivity contribution is -0.140. The quantitative estimate of drug-likeness (QED) is 0.267. The van der Waals surface area contributed by atoms with Crippen LogP contribution in [0, 0.1) is 5.41 Å². The largest absolute Gasteiger partial charge is 0.481 e. The van der Waals surface area contributed by atoms with Crippen molar-refractivity contribution in [2.75, 3.05) is 26.0 Å². The Balaban J connectivity index is 0. The fourth-order valence-corrected chi connectivity index (χ4v) is 2.97. The maximum absolute atomic E-state index is 11.0. The number of carboxylic acid groups (broad SMARTS) is 1. The molecule has 0 aromatic rings. The van der Waals surface area contributed by atoms with Gasteiger partial charge < -0.3 is 20.5 Å². The molecule has 7 heteroatoms. The number of hydrogen-bond donors (Lipinski definition) is 4. The number of rotatable bonds is 9. The molecule has 0 atom stereocenters. The summed E-state index contributed by atoms with van der Waals surface area (Å²) in [7, 11) is 1.71. The molecule has 0 spiro atoms. The molecule has 27 heavy (non-hydrogen) atoms. The molecule has 0 aliphatic heterocycles. The normalized spacial score (nSPS) is 21.8. The van der Waals surface area contributed by atoms with Crippen LogP contribution in [0.1, 0.15) is 73.1 Å². The van der Waals surface area contributed by atoms with Gasteiger partial charge in [0.05, 0.1) is 12.0 Å². The van der Waals surface area contributed by atoms with Gasteiger partial charge in [-0.25, -0.2) is 0 Å². The summed E-state index contributed by atoms with van der Waals surface area (Å²) in [5, 5.41) is 15.2. The predicted octanol–water partition coefficient (Wildman–Crippen LogP) is 3.50. The topological polar surface area (TPSA) is 87.7 Å². The van der Waals surface area contributed by atoms with Gasteiger partial charge in [0.25, 0.3) is 0 Å². The van der Waals surface area contributed by atoms with Gasteiger partial charge in [-0.15, -0.1) is 0 Å². The van der Waals surface area contributed by atoms with Crippen molar-refractivity contribution < 1.29 is 19.4 Å². The first-order valence-corrected chi connectivity index (χ1v) is 10.6. The smallest absolute Gasteiger partial charge is 0.303 e. The fourth-order valence-electron chi connectivity index (χ4n) is 2.81. The monoisotopic (exact) mass is 406 g/mol. The van der Waals surface area contributed by atoms with Gasteiger partial charge in [0.1, 0.15) is 0 Å². The van der Waals surface area contributed by atoms with E-state index in [1.165, 1.54) is 0 Å². The molecule has 0 saturated heterocycles. The summed E-state index contributed by atoms with van der Waals surface area (Å²) >= 11 is 4.18. The summed E-state index contributed by atoms with van der Waals surface area (Å²) < 4.78 is 4.94. The molecule has 1 saturated carbocycles. The average Bonchev–Trinajstić information content (AvgIpc) is 2.63. The molecular formula is C20H42N2O4S. The fraction of sp³-hybridized carbons (Fsp3) is 0.900. The second-order valence-electron chi connectivity index (χ2n) is 7.69. The second-order valence-corrected chi connectivity index (χ2v) is 8.14. The number of carboxylic acids is 1. The molecule has 1 amide bonds. The molecule has 0 aromatic heterocycles. The van der Waals surface area contributed by atoms with Gasteiger partial charge in [0, 0.05) is 19.7 Å². The Morgan fingerprint density at radius 1 is 1.30 bits per heavy atom. The van der Waals surface area contributed by atoms with E-state index in [9.17, 15) is 9.59 Å². The number of hydrogen-bond acceptors (Lipinski definition) is 5. The van der Waals surface area contributed by atoms with E-state index in [0.29, 0.717) is 19.0 Å². The molecule has 0 aromatic carbocycles. The molecule has 0 bridgehead atoms. The lowest BCUT2D eigenvalue weighted by atomic mass is 9.70. The van der Waals surface area contributed by atoms with Gasteiger partial charge in [-0.3, -0.25) is 9.59 Å². The van der Waals surface area contributed by atoms with Crippen LogP contribution in [0.15, 0.2) is 0 Å². The van der Waals surface area contributed by atoms with Crippen LogP contribution in [0.4, 0.5) is 0 Å². The minimum absolute atomic E-state index is 0.0417. The van der Waals surface area contributed by atoms with Crippen LogP contribution < -0.4 is 10.6 Å². The summed E-state index contributed by atoms with van der Waals surface area (Å²) in [6.45, 7) is 11.5. The van der Waals surface area contributed by atoms with Gasteiger partial charge in [-0.05, 0) is 70.6 Å². The summed E-state index contributed by atoms with van der Waals surface area (Å²) in [4.78, 5) is 21.4. The van der Waals surface area contributed by atoms with Crippen molar-refractivity contribution in [3.05, 3.63) is 0 Å². The van der Waals surface area contributed by atoms with E-state index < -0.39 is 5.97 Å². The van der Waals surface area contributed by atoms with Gasteiger partial charge in [-0.1, -0.05) is 13.8 Å². The zero-order chi connectivity index (χ0) is 21.3. The standard InChI is InChI=1S/C13H24N2O3S.C5H12O.C2H6/c16-10-14-9-13(8-12(17)18)4-2-11(3-5-13)15-6-1-7-19;1-5(2,3)6-4;1-2/h10-11,15,19H,1-9H2,(H,14,16)(H,17,18);1-4H3;1-2H3. The van der Waals surface area contributed by atoms with E-state index in [1.54, 1.807) is 7.11 Å². The summed E-state index contributed by atoms with van der Waals surface area (Å²) in [6.07, 6.45) is 5.47. The zero-order valence-electron chi connectivity index (χ0n) is 18.1. The van der Waals surface area contributed by atoms with Gasteiger partial charge in [-0.2, -0.15) is 12.6 Å². The van der Waals surface area contributed by atoms with Crippen molar-refractivity contribution in [3.8, 4) is 0 Å². The zero-order valence-corrected chi connectivity index (χ0v) is 19.0. The van der Waals surface area contributed by atoms with Crippen molar-refractivity contribution in [2.24, 2.45) is 5.41 Å². The third-order valence-corrected chi connectivity index (χ3v) is 4.83. The van der Waals surface area contributed by atoms with E-state index in [-0.39, 0.29) is 17.4 Å². The van der Waals surface area contributed by atoms with Crippen molar-refractivity contribution in [2.45, 2.75) is 84.8 Å². The number of ether oxygens (including phenoxy) is 1. The highest BCUT2D eigenvalue weighted by Crippen LogP contribution is 2.38. The Bertz CT molecular complexity index is 379. The molecule has 1 rings (SSSR count). The number of methoxy groups -OCH3 is 1. The van der Waals surface area contributed by atoms with Gasteiger partial charge in [0.2, 0.25) is 6.41 Å². The molecule has 162 valence electrons. The molecule has 3 N–H and O–H groups in total. The van der Waals surface area contributed by atoms with Gasteiger partial charge >= 0.3 is 5.97 Å². The molecule has 6 nitrogen and oxygen atoms in total. The van der Waals surface area contributed by atoms with Crippen LogP contribution in [0.5, 0.6) is 0 Å². The second kappa shape index (κ2) is 16.2. The summed E-state index contributed by atoms with van der Waals surface area (Å²) in [6, 6.07) is 0.470. The minimum Gasteiger partial charge on any atom is -0.481 e. The number of carbonyl (C=O) groups excluding carboxylic acids is 1. The Hall–Kier alpha value is -0.790. The van der Waals surface area contributed by atoms with E-state index in [2.05, 4.69) is 23.3 Å². The maximum atomic E-state index is 11.0. The van der Waals surface area contributed by atoms with Crippen LogP contribution in [0.25, 0.3) is 0 Å². The van der Waals surface area contributed by atoms with Crippen molar-refractivity contribution in [1.82, 2.24) is 10.6 Å². The molecule has 1 aliphatic rings. The number of nitrogens with one attached hydrogen (secondary N) is 2. The number of carbonyl (C=O) groups is 2. The third-order valence-electron chi connectivity index (χ3n) is 4.51. The van der Waals surface area contributed by atoms with E-state index in [1.807, 2.05) is 34.6 Å². The van der Waals surface area contributed by atoms with Crippen LogP contribution in [0.3, 0.4) is 0 Å². The first kappa shape index (κ1) is 28.4. The molecule has 0 radical (unpaired) electrons. The Morgan fingerprint density at radius 2 is 1.81 bits per heavy atom. The lowest BCUT2D eigenvalue weighted by Crippen LogP contribution is -2.43. The Kier molecular flexibility index (Phi) is 17.0. The highest BCUT2D eigenvalue weighted by Gasteiger charge is 2.36. The summed E-state index contributed by atoms with van der Waals surface area (Å²) in [5.41, 5.74) is -0.228. The van der Waals surface area contributed by atoms with E-state index in [0.717, 1.165) is 44.4 Å². The van der Waals surface area contributed by atoms with Gasteiger partial charge in [0.15, 0.2) is 0 Å². The highest BCUT2D eigenvalue weighted by atomic mass is 32.1. The number of aliphatic carboxylic acids is 1. The molecule has 0 unspecified atom stereocenters. The van der Waals surface area contributed by atoms with E-state index >= 15 is 0 Å². The first-order valence-electron chi connectivity index (χ1n) is 9.96. The van der Waals surface area contributed by atoms with Crippen LogP contribution in [-0.2, 0) is 14.3 Å². The Morgan fingerprint density at radius 3 is 2.19 bits per heavy atom. The molecule has 0 heterocycles. The summed E-state index contributed by atoms with van der Waals surface area (Å²) in [5.74, 6) is 0.0977. The first-order chi connectivity index (χ1) is 12.7. The van der Waals surface area contributed by atoms with Crippen molar-refractivity contribution in [1.29, 1.82) is 0 Å². The molecular weight excluding hydrogens is 364 g/mol. The van der Waals surface area contributed by atoms with Crippen molar-refractivity contribution >= 4 is 25.0 Å². The molecule has 1 aliphatic carbocycles. The van der Waals surface area contributed by atoms with Crippen LogP contribution in [-0.4, -0.2) is 55.1 Å².